The van der Waals surface area contributed by atoms with E-state index in [0.29, 0.717) is 16.3 Å². The molecule has 1 fully saturated rings. The molecule has 29 heavy (non-hydrogen) atoms. The summed E-state index contributed by atoms with van der Waals surface area (Å²) in [4.78, 5) is 17.3. The number of amides is 1. The number of carbonyl (C=O) groups excluding carboxylic acids is 1. The third-order valence-corrected chi connectivity index (χ3v) is 6.08. The van der Waals surface area contributed by atoms with Gasteiger partial charge in [0.15, 0.2) is 11.5 Å². The van der Waals surface area contributed by atoms with E-state index < -0.39 is 23.8 Å². The van der Waals surface area contributed by atoms with Crippen molar-refractivity contribution in [1.82, 2.24) is 15.1 Å². The Morgan fingerprint density at radius 3 is 2.52 bits per heavy atom. The Kier molecular flexibility index (Phi) is 5.11. The summed E-state index contributed by atoms with van der Waals surface area (Å²) in [5.41, 5.74) is -0.117. The number of alkyl halides is 3. The van der Waals surface area contributed by atoms with Crippen molar-refractivity contribution in [2.24, 2.45) is 10.9 Å². The van der Waals surface area contributed by atoms with Crippen molar-refractivity contribution in [3.8, 4) is 0 Å². The van der Waals surface area contributed by atoms with E-state index in [4.69, 9.17) is 23.2 Å². The lowest BCUT2D eigenvalue weighted by Gasteiger charge is -2.34. The minimum atomic E-state index is -4.63. The molecule has 1 aliphatic heterocycles. The maximum atomic E-state index is 13.3. The molecule has 1 aliphatic carbocycles. The third kappa shape index (κ3) is 3.75. The van der Waals surface area contributed by atoms with Crippen LogP contribution < -0.4 is 5.32 Å². The average molecular weight is 445 g/mol. The first-order chi connectivity index (χ1) is 13.6. The number of nitrogens with zero attached hydrogens (tertiary/aromatic N) is 3. The molecule has 0 bridgehead atoms. The molecule has 0 spiro atoms. The standard InChI is InChI=1S/C19H17Cl2F3N4O/c1-9-16(18(29)26-11-3-2-4-11)17(10-5-6-12(20)13(21)7-10)28-15(25-9)8-14(27-28)19(22,23)24/h5-8,11,16-17H,2-4H2,1H3,(H,26,29). The number of aromatic nitrogens is 2. The number of hydrogen-bond acceptors (Lipinski definition) is 3. The Morgan fingerprint density at radius 1 is 1.21 bits per heavy atom. The van der Waals surface area contributed by atoms with Gasteiger partial charge in [0.1, 0.15) is 5.92 Å². The number of halogens is 5. The van der Waals surface area contributed by atoms with Gasteiger partial charge in [-0.3, -0.25) is 4.79 Å². The zero-order chi connectivity index (χ0) is 20.9. The first kappa shape index (κ1) is 20.2. The highest BCUT2D eigenvalue weighted by molar-refractivity contribution is 6.42. The van der Waals surface area contributed by atoms with E-state index in [9.17, 15) is 18.0 Å². The van der Waals surface area contributed by atoms with Crippen molar-refractivity contribution in [3.63, 3.8) is 0 Å². The van der Waals surface area contributed by atoms with Crippen molar-refractivity contribution < 1.29 is 18.0 Å². The van der Waals surface area contributed by atoms with Crippen LogP contribution in [0.25, 0.3) is 0 Å². The van der Waals surface area contributed by atoms with Crippen LogP contribution in [0.5, 0.6) is 0 Å². The van der Waals surface area contributed by atoms with E-state index in [-0.39, 0.29) is 22.8 Å². The summed E-state index contributed by atoms with van der Waals surface area (Å²) in [6, 6.07) is 4.88. The predicted molar refractivity (Wildman–Crippen MR) is 104 cm³/mol. The van der Waals surface area contributed by atoms with Crippen LogP contribution in [0.3, 0.4) is 0 Å². The van der Waals surface area contributed by atoms with Gasteiger partial charge in [0.2, 0.25) is 5.91 Å². The van der Waals surface area contributed by atoms with Gasteiger partial charge in [-0.25, -0.2) is 9.67 Å². The van der Waals surface area contributed by atoms with E-state index in [1.165, 1.54) is 0 Å². The van der Waals surface area contributed by atoms with Gasteiger partial charge in [0.05, 0.1) is 16.1 Å². The van der Waals surface area contributed by atoms with Crippen LogP contribution in [-0.2, 0) is 11.0 Å². The lowest BCUT2D eigenvalue weighted by Crippen LogP contribution is -2.47. The zero-order valence-corrected chi connectivity index (χ0v) is 16.8. The Balaban J connectivity index is 1.82. The molecule has 0 radical (unpaired) electrons. The highest BCUT2D eigenvalue weighted by atomic mass is 35.5. The van der Waals surface area contributed by atoms with Gasteiger partial charge in [-0.15, -0.1) is 0 Å². The number of carbonyl (C=O) groups is 1. The van der Waals surface area contributed by atoms with E-state index in [1.807, 2.05) is 0 Å². The molecule has 1 aromatic heterocycles. The summed E-state index contributed by atoms with van der Waals surface area (Å²) in [6.07, 6.45) is -1.81. The van der Waals surface area contributed by atoms with E-state index in [1.54, 1.807) is 25.1 Å². The number of aliphatic imine (C=N–C) groups is 1. The summed E-state index contributed by atoms with van der Waals surface area (Å²) in [5, 5.41) is 7.26. The quantitative estimate of drug-likeness (QED) is 0.707. The van der Waals surface area contributed by atoms with Crippen LogP contribution in [0.15, 0.2) is 29.3 Å². The second-order valence-corrected chi connectivity index (χ2v) is 8.13. The first-order valence-electron chi connectivity index (χ1n) is 9.12. The fraction of sp³-hybridized carbons (Fsp3) is 0.421. The molecule has 154 valence electrons. The summed E-state index contributed by atoms with van der Waals surface area (Å²) in [6.45, 7) is 1.64. The monoisotopic (exact) mass is 444 g/mol. The normalized spacial score (nSPS) is 21.9. The number of hydrogen-bond donors (Lipinski definition) is 1. The van der Waals surface area contributed by atoms with Gasteiger partial charge >= 0.3 is 6.18 Å². The largest absolute Gasteiger partial charge is 0.435 e. The minimum Gasteiger partial charge on any atom is -0.353 e. The molecule has 2 atom stereocenters. The second-order valence-electron chi connectivity index (χ2n) is 7.32. The van der Waals surface area contributed by atoms with Gasteiger partial charge in [0.25, 0.3) is 0 Å². The maximum Gasteiger partial charge on any atom is 0.435 e. The Labute approximate surface area is 174 Å². The lowest BCUT2D eigenvalue weighted by molar-refractivity contribution is -0.141. The molecule has 1 N–H and O–H groups in total. The molecule has 2 unspecified atom stereocenters. The Bertz CT molecular complexity index is 998. The van der Waals surface area contributed by atoms with Crippen molar-refractivity contribution in [2.45, 2.75) is 44.4 Å². The summed E-state index contributed by atoms with van der Waals surface area (Å²) >= 11 is 12.1. The molecule has 1 aromatic carbocycles. The Morgan fingerprint density at radius 2 is 1.93 bits per heavy atom. The smallest absolute Gasteiger partial charge is 0.353 e. The molecule has 2 heterocycles. The minimum absolute atomic E-state index is 0.0404. The topological polar surface area (TPSA) is 59.3 Å². The number of benzene rings is 1. The SMILES string of the molecule is CC1=Nc2cc(C(F)(F)F)nn2C(c2ccc(Cl)c(Cl)c2)C1C(=O)NC1CCC1. The summed E-state index contributed by atoms with van der Waals surface area (Å²) in [7, 11) is 0. The molecule has 10 heteroatoms. The molecular formula is C19H17Cl2F3N4O. The summed E-state index contributed by atoms with van der Waals surface area (Å²) in [5.74, 6) is -1.07. The highest BCUT2D eigenvalue weighted by Crippen LogP contribution is 2.41. The van der Waals surface area contributed by atoms with Gasteiger partial charge in [-0.05, 0) is 43.9 Å². The van der Waals surface area contributed by atoms with E-state index in [2.05, 4.69) is 15.4 Å². The van der Waals surface area contributed by atoms with E-state index in [0.717, 1.165) is 30.0 Å². The maximum absolute atomic E-state index is 13.3. The van der Waals surface area contributed by atoms with Crippen LogP contribution in [-0.4, -0.2) is 27.4 Å². The van der Waals surface area contributed by atoms with Crippen LogP contribution >= 0.6 is 23.2 Å². The van der Waals surface area contributed by atoms with Gasteiger partial charge in [0, 0.05) is 17.8 Å². The molecule has 2 aromatic rings. The molecule has 0 saturated heterocycles. The fourth-order valence-electron chi connectivity index (χ4n) is 3.64. The van der Waals surface area contributed by atoms with Crippen LogP contribution in [0.1, 0.15) is 43.5 Å². The van der Waals surface area contributed by atoms with Crippen LogP contribution in [0, 0.1) is 5.92 Å². The van der Waals surface area contributed by atoms with Crippen LogP contribution in [0.2, 0.25) is 10.0 Å². The van der Waals surface area contributed by atoms with Crippen molar-refractivity contribution in [3.05, 3.63) is 45.6 Å². The molecule has 1 saturated carbocycles. The molecule has 1 amide bonds. The van der Waals surface area contributed by atoms with Crippen molar-refractivity contribution >= 4 is 40.6 Å². The average Bonchev–Trinajstić information content (AvgIpc) is 3.03. The van der Waals surface area contributed by atoms with Gasteiger partial charge in [-0.2, -0.15) is 18.3 Å². The molecular weight excluding hydrogens is 428 g/mol. The predicted octanol–water partition coefficient (Wildman–Crippen LogP) is 5.19. The molecule has 4 rings (SSSR count). The molecule has 2 aliphatic rings. The summed E-state index contributed by atoms with van der Waals surface area (Å²) < 4.78 is 40.9. The zero-order valence-electron chi connectivity index (χ0n) is 15.3. The Hall–Kier alpha value is -2.06. The second kappa shape index (κ2) is 7.32. The third-order valence-electron chi connectivity index (χ3n) is 5.35. The highest BCUT2D eigenvalue weighted by Gasteiger charge is 2.42. The lowest BCUT2D eigenvalue weighted by atomic mass is 9.86. The van der Waals surface area contributed by atoms with Crippen molar-refractivity contribution in [1.29, 1.82) is 0 Å². The van der Waals surface area contributed by atoms with Crippen molar-refractivity contribution in [2.75, 3.05) is 0 Å². The first-order valence-corrected chi connectivity index (χ1v) is 9.88. The number of fused-ring (bicyclic) bond motifs is 1. The van der Waals surface area contributed by atoms with Gasteiger partial charge in [-0.1, -0.05) is 29.3 Å². The van der Waals surface area contributed by atoms with Crippen LogP contribution in [0.4, 0.5) is 19.0 Å². The van der Waals surface area contributed by atoms with Gasteiger partial charge < -0.3 is 5.32 Å². The van der Waals surface area contributed by atoms with E-state index >= 15 is 0 Å². The molecule has 5 nitrogen and oxygen atoms in total. The number of rotatable bonds is 3. The number of nitrogens with one attached hydrogen (secondary N) is 1. The fourth-order valence-corrected chi connectivity index (χ4v) is 3.94.